The van der Waals surface area contributed by atoms with Gasteiger partial charge in [-0.1, -0.05) is 46.3 Å². The zero-order valence-corrected chi connectivity index (χ0v) is 18.5. The quantitative estimate of drug-likeness (QED) is 0.502. The zero-order valence-electron chi connectivity index (χ0n) is 17.0. The Balaban J connectivity index is 1.23. The van der Waals surface area contributed by atoms with Crippen LogP contribution in [0.15, 0.2) is 54.6 Å². The molecule has 5 rings (SSSR count). The van der Waals surface area contributed by atoms with Crippen LogP contribution in [0.2, 0.25) is 0 Å². The van der Waals surface area contributed by atoms with Gasteiger partial charge in [0.2, 0.25) is 5.91 Å². The number of amides is 2. The third kappa shape index (κ3) is 3.45. The summed E-state index contributed by atoms with van der Waals surface area (Å²) < 4.78 is 5.48. The third-order valence-electron chi connectivity index (χ3n) is 6.89. The number of ether oxygens (including phenoxy) is 1. The minimum absolute atomic E-state index is 0.0358. The molecule has 1 saturated heterocycles. The van der Waals surface area contributed by atoms with Crippen molar-refractivity contribution in [1.29, 1.82) is 0 Å². The molecule has 2 N–H and O–H groups in total. The van der Waals surface area contributed by atoms with E-state index in [0.717, 1.165) is 12.0 Å². The highest BCUT2D eigenvalue weighted by Gasteiger charge is 2.67. The molecule has 2 aliphatic carbocycles. The Morgan fingerprint density at radius 3 is 2.48 bits per heavy atom. The van der Waals surface area contributed by atoms with Gasteiger partial charge in [-0.05, 0) is 49.1 Å². The number of benzene rings is 2. The van der Waals surface area contributed by atoms with E-state index in [-0.39, 0.29) is 58.4 Å². The Morgan fingerprint density at radius 1 is 1.06 bits per heavy atom. The fourth-order valence-electron chi connectivity index (χ4n) is 5.37. The van der Waals surface area contributed by atoms with Crippen LogP contribution < -0.4 is 10.6 Å². The maximum Gasteiger partial charge on any atom is 0.310 e. The summed E-state index contributed by atoms with van der Waals surface area (Å²) in [5.74, 6) is -1.06. The molecule has 7 heteroatoms. The SMILES string of the molecule is C[C@H](NC(=O)c1ccc(NC(=O)[C@@H]2[C@H]3C[C@H]4[C@H](OC(=O)[C@H]42)[C@@H]3Br)cc1)c1ccccc1. The van der Waals surface area contributed by atoms with E-state index in [1.807, 2.05) is 37.3 Å². The molecule has 160 valence electrons. The highest BCUT2D eigenvalue weighted by atomic mass is 79.9. The Labute approximate surface area is 188 Å². The summed E-state index contributed by atoms with van der Waals surface area (Å²) in [6.45, 7) is 1.94. The lowest BCUT2D eigenvalue weighted by Gasteiger charge is -2.27. The zero-order chi connectivity index (χ0) is 21.7. The van der Waals surface area contributed by atoms with Crippen molar-refractivity contribution < 1.29 is 19.1 Å². The monoisotopic (exact) mass is 482 g/mol. The first kappa shape index (κ1) is 20.2. The number of hydrogen-bond acceptors (Lipinski definition) is 4. The predicted octanol–water partition coefficient (Wildman–Crippen LogP) is 3.69. The smallest absolute Gasteiger partial charge is 0.310 e. The van der Waals surface area contributed by atoms with E-state index in [2.05, 4.69) is 26.6 Å². The summed E-state index contributed by atoms with van der Waals surface area (Å²) in [5.41, 5.74) is 2.15. The molecule has 7 atom stereocenters. The second kappa shape index (κ2) is 7.79. The van der Waals surface area contributed by atoms with Gasteiger partial charge in [0.25, 0.3) is 5.91 Å². The Bertz CT molecular complexity index is 1030. The van der Waals surface area contributed by atoms with Crippen molar-refractivity contribution in [3.05, 3.63) is 65.7 Å². The standard InChI is InChI=1S/C24H23BrN2O4/c1-12(13-5-3-2-4-6-13)26-22(28)14-7-9-15(10-8-14)27-23(29)18-16-11-17-19(18)24(30)31-21(17)20(16)25/h2-10,12,16-21H,11H2,1H3,(H,26,28)(H,27,29)/t12-,16+,17+,18+,19+,20+,21-/m0/s1. The van der Waals surface area contributed by atoms with Gasteiger partial charge >= 0.3 is 5.97 Å². The molecule has 3 fully saturated rings. The molecule has 2 aromatic rings. The van der Waals surface area contributed by atoms with Crippen molar-refractivity contribution in [3.63, 3.8) is 0 Å². The molecule has 2 bridgehead atoms. The average Bonchev–Trinajstić information content (AvgIpc) is 3.39. The number of carbonyl (C=O) groups is 3. The summed E-state index contributed by atoms with van der Waals surface area (Å²) in [6, 6.07) is 16.5. The summed E-state index contributed by atoms with van der Waals surface area (Å²) >= 11 is 3.63. The number of rotatable bonds is 5. The van der Waals surface area contributed by atoms with Gasteiger partial charge in [0, 0.05) is 17.2 Å². The first-order valence-corrected chi connectivity index (χ1v) is 11.5. The van der Waals surface area contributed by atoms with E-state index in [9.17, 15) is 14.4 Å². The summed E-state index contributed by atoms with van der Waals surface area (Å²) in [4.78, 5) is 37.8. The summed E-state index contributed by atoms with van der Waals surface area (Å²) in [5, 5.41) is 5.91. The second-order valence-corrected chi connectivity index (χ2v) is 9.69. The highest BCUT2D eigenvalue weighted by Crippen LogP contribution is 2.60. The molecule has 2 amide bonds. The molecular formula is C24H23BrN2O4. The molecule has 0 spiro atoms. The van der Waals surface area contributed by atoms with Crippen LogP contribution in [0.25, 0.3) is 0 Å². The Hall–Kier alpha value is -2.67. The van der Waals surface area contributed by atoms with E-state index in [0.29, 0.717) is 11.3 Å². The molecule has 0 unspecified atom stereocenters. The Kier molecular flexibility index (Phi) is 5.08. The predicted molar refractivity (Wildman–Crippen MR) is 119 cm³/mol. The normalized spacial score (nSPS) is 31.2. The molecule has 0 radical (unpaired) electrons. The van der Waals surface area contributed by atoms with Crippen LogP contribution in [0.1, 0.15) is 35.3 Å². The van der Waals surface area contributed by atoms with Crippen LogP contribution in [-0.4, -0.2) is 28.7 Å². The van der Waals surface area contributed by atoms with Crippen LogP contribution in [0.5, 0.6) is 0 Å². The number of alkyl halides is 1. The van der Waals surface area contributed by atoms with Crippen molar-refractivity contribution in [2.24, 2.45) is 23.7 Å². The largest absolute Gasteiger partial charge is 0.461 e. The summed E-state index contributed by atoms with van der Waals surface area (Å²) in [6.07, 6.45) is 0.746. The van der Waals surface area contributed by atoms with Gasteiger partial charge in [-0.3, -0.25) is 14.4 Å². The number of esters is 1. The van der Waals surface area contributed by atoms with E-state index >= 15 is 0 Å². The summed E-state index contributed by atoms with van der Waals surface area (Å²) in [7, 11) is 0. The van der Waals surface area contributed by atoms with Crippen molar-refractivity contribution in [3.8, 4) is 0 Å². The third-order valence-corrected chi connectivity index (χ3v) is 8.09. The lowest BCUT2D eigenvalue weighted by molar-refractivity contribution is -0.145. The number of hydrogen-bond donors (Lipinski definition) is 2. The number of carbonyl (C=O) groups excluding carboxylic acids is 3. The molecule has 31 heavy (non-hydrogen) atoms. The average molecular weight is 483 g/mol. The van der Waals surface area contributed by atoms with E-state index in [1.165, 1.54) is 0 Å². The van der Waals surface area contributed by atoms with Crippen LogP contribution in [0.4, 0.5) is 5.69 Å². The maximum atomic E-state index is 13.0. The lowest BCUT2D eigenvalue weighted by atomic mass is 9.79. The van der Waals surface area contributed by atoms with Crippen molar-refractivity contribution in [1.82, 2.24) is 5.32 Å². The van der Waals surface area contributed by atoms with Crippen LogP contribution in [0, 0.1) is 23.7 Å². The van der Waals surface area contributed by atoms with Crippen molar-refractivity contribution >= 4 is 39.4 Å². The van der Waals surface area contributed by atoms with Gasteiger partial charge in [-0.15, -0.1) is 0 Å². The molecule has 2 saturated carbocycles. The first-order chi connectivity index (χ1) is 14.9. The van der Waals surface area contributed by atoms with E-state index < -0.39 is 0 Å². The molecule has 1 aliphatic heterocycles. The number of halogens is 1. The van der Waals surface area contributed by atoms with Crippen LogP contribution in [-0.2, 0) is 14.3 Å². The van der Waals surface area contributed by atoms with Crippen molar-refractivity contribution in [2.75, 3.05) is 5.32 Å². The minimum Gasteiger partial charge on any atom is -0.461 e. The van der Waals surface area contributed by atoms with Crippen molar-refractivity contribution in [2.45, 2.75) is 30.3 Å². The molecule has 3 aliphatic rings. The number of nitrogens with one attached hydrogen (secondary N) is 2. The molecule has 1 heterocycles. The highest BCUT2D eigenvalue weighted by molar-refractivity contribution is 9.09. The van der Waals surface area contributed by atoms with E-state index in [4.69, 9.17) is 4.74 Å². The molecular weight excluding hydrogens is 460 g/mol. The van der Waals surface area contributed by atoms with Gasteiger partial charge in [-0.2, -0.15) is 0 Å². The number of fused-ring (bicyclic) bond motifs is 1. The van der Waals surface area contributed by atoms with Gasteiger partial charge < -0.3 is 15.4 Å². The van der Waals surface area contributed by atoms with Gasteiger partial charge in [0.15, 0.2) is 0 Å². The maximum absolute atomic E-state index is 13.0. The fraction of sp³-hybridized carbons (Fsp3) is 0.375. The fourth-order valence-corrected chi connectivity index (χ4v) is 6.41. The van der Waals surface area contributed by atoms with Gasteiger partial charge in [0.05, 0.1) is 22.7 Å². The number of anilines is 1. The van der Waals surface area contributed by atoms with Gasteiger partial charge in [0.1, 0.15) is 6.10 Å². The second-order valence-electron chi connectivity index (χ2n) is 8.63. The topological polar surface area (TPSA) is 84.5 Å². The minimum atomic E-state index is -0.379. The Morgan fingerprint density at radius 2 is 1.77 bits per heavy atom. The molecule has 6 nitrogen and oxygen atoms in total. The van der Waals surface area contributed by atoms with Crippen LogP contribution in [0.3, 0.4) is 0 Å². The molecule has 2 aromatic carbocycles. The lowest BCUT2D eigenvalue weighted by Crippen LogP contribution is -2.40. The van der Waals surface area contributed by atoms with E-state index in [1.54, 1.807) is 24.3 Å². The van der Waals surface area contributed by atoms with Crippen LogP contribution >= 0.6 is 15.9 Å². The first-order valence-electron chi connectivity index (χ1n) is 10.6. The van der Waals surface area contributed by atoms with Gasteiger partial charge in [-0.25, -0.2) is 0 Å². The molecule has 0 aromatic heterocycles.